The highest BCUT2D eigenvalue weighted by molar-refractivity contribution is 5.77. The molecule has 1 aromatic carbocycles. The number of nitrogens with one attached hydrogen (secondary N) is 1. The topological polar surface area (TPSA) is 55.9 Å². The zero-order valence-corrected chi connectivity index (χ0v) is 17.6. The highest BCUT2D eigenvalue weighted by atomic mass is 16.2. The van der Waals surface area contributed by atoms with E-state index in [9.17, 15) is 9.59 Å². The molecule has 6 heteroatoms. The monoisotopic (exact) mass is 398 g/mol. The van der Waals surface area contributed by atoms with Crippen LogP contribution >= 0.6 is 0 Å². The first-order valence-electron chi connectivity index (χ1n) is 11.3. The summed E-state index contributed by atoms with van der Waals surface area (Å²) in [5, 5.41) is 3.22. The Morgan fingerprint density at radius 2 is 1.79 bits per heavy atom. The zero-order chi connectivity index (χ0) is 20.2. The number of urea groups is 2. The molecule has 0 aromatic heterocycles. The second kappa shape index (κ2) is 9.06. The number of hydrogen-bond acceptors (Lipinski definition) is 2. The van der Waals surface area contributed by atoms with Gasteiger partial charge in [-0.05, 0) is 38.2 Å². The van der Waals surface area contributed by atoms with Gasteiger partial charge in [-0.3, -0.25) is 0 Å². The standard InChI is InChI=1S/C23H34N4O2/c1-18-6-5-7-19(16-18)17-26-14-15-27(23(26)29)21-10-12-25(13-11-21)22(28)24-20-8-3-2-4-9-20/h5-7,16,20-21H,2-4,8-15,17H2,1H3,(H,24,28). The van der Waals surface area contributed by atoms with Gasteiger partial charge in [-0.1, -0.05) is 49.1 Å². The molecule has 4 amide bonds. The van der Waals surface area contributed by atoms with Crippen molar-refractivity contribution in [2.45, 2.75) is 70.5 Å². The summed E-state index contributed by atoms with van der Waals surface area (Å²) in [6.45, 7) is 5.83. The minimum Gasteiger partial charge on any atom is -0.335 e. The second-order valence-corrected chi connectivity index (χ2v) is 8.89. The van der Waals surface area contributed by atoms with Crippen molar-refractivity contribution in [2.75, 3.05) is 26.2 Å². The minimum absolute atomic E-state index is 0.0872. The van der Waals surface area contributed by atoms with Gasteiger partial charge in [0.15, 0.2) is 0 Å². The summed E-state index contributed by atoms with van der Waals surface area (Å²) in [5.74, 6) is 0. The lowest BCUT2D eigenvalue weighted by atomic mass is 9.95. The van der Waals surface area contributed by atoms with E-state index in [1.807, 2.05) is 14.7 Å². The van der Waals surface area contributed by atoms with E-state index in [1.54, 1.807) is 0 Å². The van der Waals surface area contributed by atoms with Crippen molar-refractivity contribution < 1.29 is 9.59 Å². The molecule has 2 heterocycles. The van der Waals surface area contributed by atoms with Crippen LogP contribution in [0, 0.1) is 6.92 Å². The summed E-state index contributed by atoms with van der Waals surface area (Å²) in [5.41, 5.74) is 2.42. The number of nitrogens with zero attached hydrogens (tertiary/aromatic N) is 3. The van der Waals surface area contributed by atoms with Crippen molar-refractivity contribution in [1.29, 1.82) is 0 Å². The lowest BCUT2D eigenvalue weighted by Gasteiger charge is -2.37. The number of piperidine rings is 1. The molecule has 0 unspecified atom stereocenters. The Bertz CT molecular complexity index is 723. The second-order valence-electron chi connectivity index (χ2n) is 8.89. The van der Waals surface area contributed by atoms with Crippen molar-refractivity contribution in [3.05, 3.63) is 35.4 Å². The van der Waals surface area contributed by atoms with Crippen molar-refractivity contribution in [1.82, 2.24) is 20.0 Å². The molecule has 3 aliphatic rings. The fraction of sp³-hybridized carbons (Fsp3) is 0.652. The van der Waals surface area contributed by atoms with E-state index >= 15 is 0 Å². The molecule has 1 N–H and O–H groups in total. The summed E-state index contributed by atoms with van der Waals surface area (Å²) < 4.78 is 0. The van der Waals surface area contributed by atoms with E-state index in [2.05, 4.69) is 36.5 Å². The Labute approximate surface area is 174 Å². The third-order valence-electron chi connectivity index (χ3n) is 6.71. The number of carbonyl (C=O) groups excluding carboxylic acids is 2. The molecule has 0 atom stereocenters. The number of likely N-dealkylation sites (tertiary alicyclic amines) is 1. The van der Waals surface area contributed by atoms with Gasteiger partial charge in [-0.2, -0.15) is 0 Å². The van der Waals surface area contributed by atoms with Gasteiger partial charge in [0, 0.05) is 44.8 Å². The van der Waals surface area contributed by atoms with Crippen LogP contribution in [0.3, 0.4) is 0 Å². The molecular weight excluding hydrogens is 364 g/mol. The fourth-order valence-electron chi connectivity index (χ4n) is 5.01. The maximum absolute atomic E-state index is 12.9. The van der Waals surface area contributed by atoms with Crippen molar-refractivity contribution in [3.63, 3.8) is 0 Å². The lowest BCUT2D eigenvalue weighted by Crippen LogP contribution is -2.52. The Morgan fingerprint density at radius 3 is 2.52 bits per heavy atom. The minimum atomic E-state index is 0.0872. The Hall–Kier alpha value is -2.24. The number of aryl methyl sites for hydroxylation is 1. The van der Waals surface area contributed by atoms with Crippen LogP contribution in [0.5, 0.6) is 0 Å². The van der Waals surface area contributed by atoms with E-state index in [-0.39, 0.29) is 18.1 Å². The number of hydrogen-bond donors (Lipinski definition) is 1. The van der Waals surface area contributed by atoms with E-state index in [4.69, 9.17) is 0 Å². The molecule has 2 saturated heterocycles. The Kier molecular flexibility index (Phi) is 6.26. The summed E-state index contributed by atoms with van der Waals surface area (Å²) in [6, 6.07) is 9.22. The molecule has 3 fully saturated rings. The van der Waals surface area contributed by atoms with Crippen LogP contribution in [0.25, 0.3) is 0 Å². The molecule has 2 aliphatic heterocycles. The molecule has 0 bridgehead atoms. The Morgan fingerprint density at radius 1 is 1.03 bits per heavy atom. The molecular formula is C23H34N4O2. The maximum atomic E-state index is 12.9. The van der Waals surface area contributed by atoms with E-state index < -0.39 is 0 Å². The predicted molar refractivity (Wildman–Crippen MR) is 114 cm³/mol. The largest absolute Gasteiger partial charge is 0.335 e. The van der Waals surface area contributed by atoms with Crippen molar-refractivity contribution >= 4 is 12.1 Å². The van der Waals surface area contributed by atoms with Crippen LogP contribution in [-0.4, -0.2) is 65.0 Å². The van der Waals surface area contributed by atoms with Crippen LogP contribution in [0.2, 0.25) is 0 Å². The van der Waals surface area contributed by atoms with Crippen LogP contribution in [0.4, 0.5) is 9.59 Å². The van der Waals surface area contributed by atoms with Crippen LogP contribution < -0.4 is 5.32 Å². The summed E-state index contributed by atoms with van der Waals surface area (Å²) in [7, 11) is 0. The van der Waals surface area contributed by atoms with Gasteiger partial charge in [-0.25, -0.2) is 9.59 Å². The normalized spacial score (nSPS) is 21.7. The fourth-order valence-corrected chi connectivity index (χ4v) is 5.01. The van der Waals surface area contributed by atoms with Gasteiger partial charge in [0.1, 0.15) is 0 Å². The molecule has 4 rings (SSSR count). The average molecular weight is 399 g/mol. The molecule has 6 nitrogen and oxygen atoms in total. The predicted octanol–water partition coefficient (Wildman–Crippen LogP) is 3.74. The van der Waals surface area contributed by atoms with Crippen LogP contribution in [0.15, 0.2) is 24.3 Å². The number of carbonyl (C=O) groups is 2. The van der Waals surface area contributed by atoms with Crippen LogP contribution in [-0.2, 0) is 6.54 Å². The first-order valence-corrected chi connectivity index (χ1v) is 11.3. The third-order valence-corrected chi connectivity index (χ3v) is 6.71. The van der Waals surface area contributed by atoms with Crippen molar-refractivity contribution in [3.8, 4) is 0 Å². The third kappa shape index (κ3) is 4.85. The highest BCUT2D eigenvalue weighted by Gasteiger charge is 2.36. The molecule has 158 valence electrons. The summed E-state index contributed by atoms with van der Waals surface area (Å²) >= 11 is 0. The number of amides is 4. The first-order chi connectivity index (χ1) is 14.1. The highest BCUT2D eigenvalue weighted by Crippen LogP contribution is 2.23. The van der Waals surface area contributed by atoms with Gasteiger partial charge >= 0.3 is 12.1 Å². The Balaban J connectivity index is 1.25. The number of rotatable bonds is 4. The molecule has 0 spiro atoms. The summed E-state index contributed by atoms with van der Waals surface area (Å²) in [4.78, 5) is 31.4. The lowest BCUT2D eigenvalue weighted by molar-refractivity contribution is 0.132. The van der Waals surface area contributed by atoms with Crippen molar-refractivity contribution in [2.24, 2.45) is 0 Å². The van der Waals surface area contributed by atoms with E-state index in [0.717, 1.165) is 51.9 Å². The first kappa shape index (κ1) is 20.0. The SMILES string of the molecule is Cc1cccc(CN2CCN(C3CCN(C(=O)NC4CCCCC4)CC3)C2=O)c1. The van der Waals surface area contributed by atoms with Gasteiger partial charge in [-0.15, -0.1) is 0 Å². The maximum Gasteiger partial charge on any atom is 0.320 e. The quantitative estimate of drug-likeness (QED) is 0.840. The molecule has 29 heavy (non-hydrogen) atoms. The zero-order valence-electron chi connectivity index (χ0n) is 17.6. The van der Waals surface area contributed by atoms with Gasteiger partial charge in [0.25, 0.3) is 0 Å². The van der Waals surface area contributed by atoms with E-state index in [1.165, 1.54) is 30.4 Å². The van der Waals surface area contributed by atoms with Crippen LogP contribution in [0.1, 0.15) is 56.1 Å². The smallest absolute Gasteiger partial charge is 0.320 e. The van der Waals surface area contributed by atoms with Gasteiger partial charge < -0.3 is 20.0 Å². The number of benzene rings is 1. The molecule has 1 aromatic rings. The average Bonchev–Trinajstić information content (AvgIpc) is 3.09. The molecule has 1 aliphatic carbocycles. The van der Waals surface area contributed by atoms with E-state index in [0.29, 0.717) is 12.6 Å². The van der Waals surface area contributed by atoms with Gasteiger partial charge in [0.05, 0.1) is 0 Å². The van der Waals surface area contributed by atoms with Gasteiger partial charge in [0.2, 0.25) is 0 Å². The molecule has 1 saturated carbocycles. The summed E-state index contributed by atoms with van der Waals surface area (Å²) in [6.07, 6.45) is 7.72. The molecule has 0 radical (unpaired) electrons.